The standard InChI is InChI=1S/C17H16O2/c1-17(2,12-18)16(19)15-10-6-9-14(11-15)13-7-4-3-5-8-13/h3-12H,1-2H3. The largest absolute Gasteiger partial charge is 0.302 e. The van der Waals surface area contributed by atoms with Gasteiger partial charge in [0.05, 0.1) is 5.41 Å². The smallest absolute Gasteiger partial charge is 0.175 e. The van der Waals surface area contributed by atoms with Crippen molar-refractivity contribution in [2.75, 3.05) is 0 Å². The van der Waals surface area contributed by atoms with E-state index in [1.54, 1.807) is 19.9 Å². The van der Waals surface area contributed by atoms with Crippen molar-refractivity contribution in [3.05, 3.63) is 60.2 Å². The fourth-order valence-corrected chi connectivity index (χ4v) is 1.90. The second-order valence-electron chi connectivity index (χ2n) is 5.12. The van der Waals surface area contributed by atoms with Crippen LogP contribution in [0.1, 0.15) is 24.2 Å². The minimum Gasteiger partial charge on any atom is -0.302 e. The van der Waals surface area contributed by atoms with Crippen molar-refractivity contribution in [3.8, 4) is 11.1 Å². The number of rotatable bonds is 4. The summed E-state index contributed by atoms with van der Waals surface area (Å²) >= 11 is 0. The lowest BCUT2D eigenvalue weighted by molar-refractivity contribution is -0.112. The summed E-state index contributed by atoms with van der Waals surface area (Å²) in [6.07, 6.45) is 0.699. The average Bonchev–Trinajstić information content (AvgIpc) is 2.47. The first-order valence-electron chi connectivity index (χ1n) is 6.21. The number of carbonyl (C=O) groups is 2. The van der Waals surface area contributed by atoms with E-state index in [-0.39, 0.29) is 5.78 Å². The topological polar surface area (TPSA) is 34.1 Å². The Morgan fingerprint density at radius 1 is 0.947 bits per heavy atom. The number of benzene rings is 2. The summed E-state index contributed by atoms with van der Waals surface area (Å²) in [5.41, 5.74) is 1.63. The van der Waals surface area contributed by atoms with E-state index < -0.39 is 5.41 Å². The van der Waals surface area contributed by atoms with Gasteiger partial charge in [0.2, 0.25) is 0 Å². The van der Waals surface area contributed by atoms with Crippen molar-refractivity contribution < 1.29 is 9.59 Å². The Balaban J connectivity index is 2.41. The van der Waals surface area contributed by atoms with Crippen LogP contribution in [0.5, 0.6) is 0 Å². The van der Waals surface area contributed by atoms with Gasteiger partial charge in [-0.1, -0.05) is 48.5 Å². The van der Waals surface area contributed by atoms with Crippen LogP contribution in [0.25, 0.3) is 11.1 Å². The van der Waals surface area contributed by atoms with Crippen LogP contribution in [0, 0.1) is 5.41 Å². The van der Waals surface area contributed by atoms with Gasteiger partial charge in [-0.05, 0) is 31.0 Å². The molecule has 0 saturated carbocycles. The van der Waals surface area contributed by atoms with Gasteiger partial charge in [0.25, 0.3) is 0 Å². The highest BCUT2D eigenvalue weighted by atomic mass is 16.1. The van der Waals surface area contributed by atoms with Gasteiger partial charge >= 0.3 is 0 Å². The molecule has 0 radical (unpaired) electrons. The fraction of sp³-hybridized carbons (Fsp3) is 0.176. The van der Waals surface area contributed by atoms with Crippen LogP contribution < -0.4 is 0 Å². The van der Waals surface area contributed by atoms with Crippen molar-refractivity contribution in [1.29, 1.82) is 0 Å². The highest BCUT2D eigenvalue weighted by Crippen LogP contribution is 2.24. The molecule has 0 aromatic heterocycles. The number of carbonyl (C=O) groups excluding carboxylic acids is 2. The van der Waals surface area contributed by atoms with E-state index in [9.17, 15) is 9.59 Å². The highest BCUT2D eigenvalue weighted by Gasteiger charge is 2.28. The Morgan fingerprint density at radius 3 is 2.21 bits per heavy atom. The summed E-state index contributed by atoms with van der Waals surface area (Å²) in [5, 5.41) is 0. The molecule has 2 heteroatoms. The monoisotopic (exact) mass is 252 g/mol. The molecule has 0 aliphatic heterocycles. The molecule has 2 aromatic rings. The lowest BCUT2D eigenvalue weighted by Crippen LogP contribution is -2.25. The van der Waals surface area contributed by atoms with Crippen molar-refractivity contribution in [3.63, 3.8) is 0 Å². The summed E-state index contributed by atoms with van der Waals surface area (Å²) in [6, 6.07) is 17.2. The summed E-state index contributed by atoms with van der Waals surface area (Å²) < 4.78 is 0. The van der Waals surface area contributed by atoms with E-state index >= 15 is 0 Å². The van der Waals surface area contributed by atoms with Crippen molar-refractivity contribution in [2.45, 2.75) is 13.8 Å². The number of hydrogen-bond donors (Lipinski definition) is 0. The molecule has 0 fully saturated rings. The maximum atomic E-state index is 12.2. The lowest BCUT2D eigenvalue weighted by atomic mass is 9.85. The second kappa shape index (κ2) is 5.19. The van der Waals surface area contributed by atoms with E-state index in [2.05, 4.69) is 0 Å². The second-order valence-corrected chi connectivity index (χ2v) is 5.12. The number of Topliss-reactive ketones (excluding diaryl/α,β-unsaturated/α-hetero) is 1. The molecule has 2 aromatic carbocycles. The van der Waals surface area contributed by atoms with Crippen LogP contribution >= 0.6 is 0 Å². The molecule has 0 aliphatic rings. The highest BCUT2D eigenvalue weighted by molar-refractivity contribution is 6.08. The molecule has 0 N–H and O–H groups in total. The van der Waals surface area contributed by atoms with E-state index in [0.717, 1.165) is 11.1 Å². The zero-order chi connectivity index (χ0) is 13.9. The molecule has 0 unspecified atom stereocenters. The quantitative estimate of drug-likeness (QED) is 0.471. The molecular formula is C17H16O2. The first-order valence-corrected chi connectivity index (χ1v) is 6.21. The van der Waals surface area contributed by atoms with Gasteiger partial charge in [0, 0.05) is 5.56 Å². The number of hydrogen-bond acceptors (Lipinski definition) is 2. The van der Waals surface area contributed by atoms with Crippen LogP contribution in [0.4, 0.5) is 0 Å². The van der Waals surface area contributed by atoms with Crippen LogP contribution in [0.15, 0.2) is 54.6 Å². The molecular weight excluding hydrogens is 236 g/mol. The summed E-state index contributed by atoms with van der Waals surface area (Å²) in [6.45, 7) is 3.27. The minimum atomic E-state index is -0.977. The first-order chi connectivity index (χ1) is 9.04. The Bertz CT molecular complexity index is 598. The number of ketones is 1. The maximum Gasteiger partial charge on any atom is 0.175 e. The Morgan fingerprint density at radius 2 is 1.58 bits per heavy atom. The summed E-state index contributed by atoms with van der Waals surface area (Å²) in [4.78, 5) is 23.2. The van der Waals surface area contributed by atoms with Crippen LogP contribution in [0.3, 0.4) is 0 Å². The van der Waals surface area contributed by atoms with Crippen LogP contribution in [0.2, 0.25) is 0 Å². The van der Waals surface area contributed by atoms with Crippen molar-refractivity contribution >= 4 is 12.1 Å². The van der Waals surface area contributed by atoms with Gasteiger partial charge < -0.3 is 4.79 Å². The predicted molar refractivity (Wildman–Crippen MR) is 76.1 cm³/mol. The Hall–Kier alpha value is -2.22. The fourth-order valence-electron chi connectivity index (χ4n) is 1.90. The molecule has 2 nitrogen and oxygen atoms in total. The molecule has 0 bridgehead atoms. The molecule has 19 heavy (non-hydrogen) atoms. The van der Waals surface area contributed by atoms with Crippen molar-refractivity contribution in [2.24, 2.45) is 5.41 Å². The Labute approximate surface area is 113 Å². The average molecular weight is 252 g/mol. The van der Waals surface area contributed by atoms with Crippen LogP contribution in [-0.4, -0.2) is 12.1 Å². The van der Waals surface area contributed by atoms with Gasteiger partial charge in [-0.2, -0.15) is 0 Å². The zero-order valence-electron chi connectivity index (χ0n) is 11.1. The van der Waals surface area contributed by atoms with E-state index in [1.807, 2.05) is 48.5 Å². The number of aldehydes is 1. The molecule has 0 heterocycles. The summed E-state index contributed by atoms with van der Waals surface area (Å²) in [5.74, 6) is -0.153. The van der Waals surface area contributed by atoms with E-state index in [0.29, 0.717) is 11.8 Å². The zero-order valence-corrected chi connectivity index (χ0v) is 11.1. The van der Waals surface area contributed by atoms with Gasteiger partial charge in [-0.15, -0.1) is 0 Å². The lowest BCUT2D eigenvalue weighted by Gasteiger charge is -2.15. The Kier molecular flexibility index (Phi) is 3.61. The van der Waals surface area contributed by atoms with E-state index in [4.69, 9.17) is 0 Å². The molecule has 2 rings (SSSR count). The SMILES string of the molecule is CC(C)(C=O)C(=O)c1cccc(-c2ccccc2)c1. The van der Waals surface area contributed by atoms with Crippen molar-refractivity contribution in [1.82, 2.24) is 0 Å². The van der Waals surface area contributed by atoms with Gasteiger partial charge in [-0.25, -0.2) is 0 Å². The first kappa shape index (κ1) is 13.2. The molecule has 96 valence electrons. The molecule has 0 amide bonds. The minimum absolute atomic E-state index is 0.153. The molecule has 0 aliphatic carbocycles. The molecule has 0 spiro atoms. The van der Waals surface area contributed by atoms with Crippen LogP contribution in [-0.2, 0) is 4.79 Å². The molecule has 0 saturated heterocycles. The maximum absolute atomic E-state index is 12.2. The third-order valence-corrected chi connectivity index (χ3v) is 3.11. The van der Waals surface area contributed by atoms with Gasteiger partial charge in [0.1, 0.15) is 6.29 Å². The summed E-state index contributed by atoms with van der Waals surface area (Å²) in [7, 11) is 0. The van der Waals surface area contributed by atoms with Gasteiger partial charge in [-0.3, -0.25) is 4.79 Å². The third-order valence-electron chi connectivity index (χ3n) is 3.11. The predicted octanol–water partition coefficient (Wildman–Crippen LogP) is 3.76. The third kappa shape index (κ3) is 2.79. The normalized spacial score (nSPS) is 11.1. The molecule has 0 atom stereocenters. The van der Waals surface area contributed by atoms with Gasteiger partial charge in [0.15, 0.2) is 5.78 Å². The van der Waals surface area contributed by atoms with E-state index in [1.165, 1.54) is 0 Å².